The Labute approximate surface area is 122 Å². The fraction of sp³-hybridized carbons (Fsp3) is 0.235. The number of ether oxygens (including phenoxy) is 1. The number of hydrogen-bond donors (Lipinski definition) is 0. The van der Waals surface area contributed by atoms with Gasteiger partial charge in [-0.05, 0) is 37.6 Å². The van der Waals surface area contributed by atoms with Crippen LogP contribution >= 0.6 is 0 Å². The smallest absolute Gasteiger partial charge is 0.263 e. The van der Waals surface area contributed by atoms with Gasteiger partial charge in [-0.15, -0.1) is 0 Å². The average molecular weight is 290 g/mol. The van der Waals surface area contributed by atoms with E-state index in [4.69, 9.17) is 4.74 Å². The van der Waals surface area contributed by atoms with Gasteiger partial charge in [0.15, 0.2) is 0 Å². The summed E-state index contributed by atoms with van der Waals surface area (Å²) in [6, 6.07) is 11.1. The Morgan fingerprint density at radius 3 is 2.24 bits per heavy atom. The molecule has 0 spiro atoms. The Bertz CT molecular complexity index is 619. The van der Waals surface area contributed by atoms with Gasteiger partial charge in [0.1, 0.15) is 12.0 Å². The van der Waals surface area contributed by atoms with E-state index < -0.39 is 6.43 Å². The molecule has 0 aromatic heterocycles. The second-order valence-corrected chi connectivity index (χ2v) is 4.96. The molecule has 2 aromatic carbocycles. The minimum absolute atomic E-state index is 0.0221. The van der Waals surface area contributed by atoms with E-state index in [1.165, 1.54) is 12.1 Å². The van der Waals surface area contributed by atoms with E-state index in [1.807, 2.05) is 13.8 Å². The van der Waals surface area contributed by atoms with Gasteiger partial charge in [0, 0.05) is 16.7 Å². The molecule has 0 aliphatic heterocycles. The number of carbonyl (C=O) groups excluding carboxylic acids is 1. The second kappa shape index (κ2) is 6.48. The molecule has 0 N–H and O–H groups in total. The highest BCUT2D eigenvalue weighted by atomic mass is 19.3. The summed E-state index contributed by atoms with van der Waals surface area (Å²) in [7, 11) is 0. The lowest BCUT2D eigenvalue weighted by atomic mass is 10.0. The molecule has 2 rings (SSSR count). The molecular formula is C17H16F2O2. The summed E-state index contributed by atoms with van der Waals surface area (Å²) in [5.41, 5.74) is 1.93. The molecule has 0 aliphatic carbocycles. The summed E-state index contributed by atoms with van der Waals surface area (Å²) in [6.45, 7) is 3.80. The molecule has 0 aliphatic rings. The summed E-state index contributed by atoms with van der Waals surface area (Å²) in [4.78, 5) is 10.9. The van der Waals surface area contributed by atoms with Gasteiger partial charge >= 0.3 is 0 Å². The van der Waals surface area contributed by atoms with Crippen LogP contribution in [0.3, 0.4) is 0 Å². The van der Waals surface area contributed by atoms with Crippen molar-refractivity contribution in [1.29, 1.82) is 0 Å². The molecule has 0 fully saturated rings. The van der Waals surface area contributed by atoms with Crippen molar-refractivity contribution in [2.75, 3.05) is 0 Å². The van der Waals surface area contributed by atoms with Crippen LogP contribution in [0.5, 0.6) is 5.75 Å². The molecule has 4 heteroatoms. The Morgan fingerprint density at radius 2 is 1.71 bits per heavy atom. The zero-order valence-electron chi connectivity index (χ0n) is 11.8. The first-order valence-corrected chi connectivity index (χ1v) is 6.65. The summed E-state index contributed by atoms with van der Waals surface area (Å²) in [5.74, 6) is 0.625. The molecule has 0 unspecified atom stereocenters. The van der Waals surface area contributed by atoms with Gasteiger partial charge in [0.05, 0.1) is 6.10 Å². The highest BCUT2D eigenvalue weighted by molar-refractivity contribution is 5.81. The zero-order chi connectivity index (χ0) is 15.4. The molecule has 0 amide bonds. The first-order valence-electron chi connectivity index (χ1n) is 6.65. The molecule has 0 heterocycles. The Kier molecular flexibility index (Phi) is 4.68. The lowest BCUT2D eigenvalue weighted by molar-refractivity contribution is 0.112. The molecule has 2 nitrogen and oxygen atoms in total. The van der Waals surface area contributed by atoms with Gasteiger partial charge in [0.25, 0.3) is 6.43 Å². The number of alkyl halides is 2. The molecule has 0 saturated carbocycles. The minimum atomic E-state index is -2.49. The first kappa shape index (κ1) is 15.2. The van der Waals surface area contributed by atoms with E-state index in [0.29, 0.717) is 16.9 Å². The maximum absolute atomic E-state index is 12.6. The average Bonchev–Trinajstić information content (AvgIpc) is 2.47. The SMILES string of the molecule is CC(C)Oc1ccc(C=O)cc1-c1ccc(C(F)F)cc1. The summed E-state index contributed by atoms with van der Waals surface area (Å²) in [6.07, 6.45) is -1.77. The van der Waals surface area contributed by atoms with Crippen LogP contribution in [0.1, 0.15) is 36.2 Å². The maximum atomic E-state index is 12.6. The minimum Gasteiger partial charge on any atom is -0.490 e. The molecule has 21 heavy (non-hydrogen) atoms. The maximum Gasteiger partial charge on any atom is 0.263 e. The number of hydrogen-bond acceptors (Lipinski definition) is 2. The van der Waals surface area contributed by atoms with Crippen LogP contribution in [0, 0.1) is 0 Å². The Morgan fingerprint density at radius 1 is 1.05 bits per heavy atom. The summed E-state index contributed by atoms with van der Waals surface area (Å²) in [5, 5.41) is 0. The fourth-order valence-electron chi connectivity index (χ4n) is 2.01. The lowest BCUT2D eigenvalue weighted by Gasteiger charge is -2.15. The second-order valence-electron chi connectivity index (χ2n) is 4.96. The molecule has 0 atom stereocenters. The first-order chi connectivity index (χ1) is 10.0. The summed E-state index contributed by atoms with van der Waals surface area (Å²) < 4.78 is 30.9. The van der Waals surface area contributed by atoms with Crippen LogP contribution < -0.4 is 4.74 Å². The lowest BCUT2D eigenvalue weighted by Crippen LogP contribution is -2.06. The normalized spacial score (nSPS) is 11.0. The van der Waals surface area contributed by atoms with E-state index in [1.54, 1.807) is 30.3 Å². The fourth-order valence-corrected chi connectivity index (χ4v) is 2.01. The predicted octanol–water partition coefficient (Wildman–Crippen LogP) is 4.89. The van der Waals surface area contributed by atoms with Crippen molar-refractivity contribution in [3.8, 4) is 16.9 Å². The van der Waals surface area contributed by atoms with E-state index in [-0.39, 0.29) is 11.7 Å². The molecule has 0 radical (unpaired) electrons. The Hall–Kier alpha value is -2.23. The monoisotopic (exact) mass is 290 g/mol. The number of halogens is 2. The third-order valence-corrected chi connectivity index (χ3v) is 2.98. The van der Waals surface area contributed by atoms with Gasteiger partial charge in [-0.1, -0.05) is 24.3 Å². The third-order valence-electron chi connectivity index (χ3n) is 2.98. The van der Waals surface area contributed by atoms with E-state index in [0.717, 1.165) is 11.8 Å². The van der Waals surface area contributed by atoms with E-state index in [2.05, 4.69) is 0 Å². The molecule has 0 saturated heterocycles. The van der Waals surface area contributed by atoms with Crippen molar-refractivity contribution < 1.29 is 18.3 Å². The summed E-state index contributed by atoms with van der Waals surface area (Å²) >= 11 is 0. The number of carbonyl (C=O) groups is 1. The van der Waals surface area contributed by atoms with Crippen molar-refractivity contribution in [3.63, 3.8) is 0 Å². The van der Waals surface area contributed by atoms with E-state index in [9.17, 15) is 13.6 Å². The van der Waals surface area contributed by atoms with Crippen molar-refractivity contribution >= 4 is 6.29 Å². The van der Waals surface area contributed by atoms with Crippen LogP contribution in [-0.4, -0.2) is 12.4 Å². The van der Waals surface area contributed by atoms with Crippen LogP contribution in [0.15, 0.2) is 42.5 Å². The molecular weight excluding hydrogens is 274 g/mol. The highest BCUT2D eigenvalue weighted by Crippen LogP contribution is 2.32. The van der Waals surface area contributed by atoms with Gasteiger partial charge in [-0.3, -0.25) is 4.79 Å². The quantitative estimate of drug-likeness (QED) is 0.733. The molecule has 110 valence electrons. The van der Waals surface area contributed by atoms with Gasteiger partial charge in [0.2, 0.25) is 0 Å². The zero-order valence-corrected chi connectivity index (χ0v) is 11.8. The van der Waals surface area contributed by atoms with Crippen LogP contribution in [-0.2, 0) is 0 Å². The third kappa shape index (κ3) is 3.66. The van der Waals surface area contributed by atoms with E-state index >= 15 is 0 Å². The van der Waals surface area contributed by atoms with Crippen LogP contribution in [0.25, 0.3) is 11.1 Å². The Balaban J connectivity index is 2.46. The van der Waals surface area contributed by atoms with Crippen molar-refractivity contribution in [2.24, 2.45) is 0 Å². The largest absolute Gasteiger partial charge is 0.490 e. The highest BCUT2D eigenvalue weighted by Gasteiger charge is 2.11. The number of benzene rings is 2. The standard InChI is InChI=1S/C17H16F2O2/c1-11(2)21-16-8-3-12(10-20)9-15(16)13-4-6-14(7-5-13)17(18)19/h3-11,17H,1-2H3. The van der Waals surface area contributed by atoms with Gasteiger partial charge < -0.3 is 4.74 Å². The van der Waals surface area contributed by atoms with Crippen molar-refractivity contribution in [2.45, 2.75) is 26.4 Å². The number of aldehydes is 1. The molecule has 2 aromatic rings. The molecule has 0 bridgehead atoms. The van der Waals surface area contributed by atoms with Crippen molar-refractivity contribution in [1.82, 2.24) is 0 Å². The van der Waals surface area contributed by atoms with Gasteiger partial charge in [-0.2, -0.15) is 0 Å². The van der Waals surface area contributed by atoms with Crippen LogP contribution in [0.4, 0.5) is 8.78 Å². The number of rotatable bonds is 5. The van der Waals surface area contributed by atoms with Gasteiger partial charge in [-0.25, -0.2) is 8.78 Å². The van der Waals surface area contributed by atoms with Crippen LogP contribution in [0.2, 0.25) is 0 Å². The predicted molar refractivity (Wildman–Crippen MR) is 78.0 cm³/mol. The van der Waals surface area contributed by atoms with Crippen molar-refractivity contribution in [3.05, 3.63) is 53.6 Å². The topological polar surface area (TPSA) is 26.3 Å².